The molecule has 4 aliphatic rings. The van der Waals surface area contributed by atoms with Crippen LogP contribution in [0.2, 0.25) is 0 Å². The van der Waals surface area contributed by atoms with Crippen LogP contribution in [0.3, 0.4) is 0 Å². The van der Waals surface area contributed by atoms with E-state index in [2.05, 4.69) is 130 Å². The quantitative estimate of drug-likeness (QED) is 0.103. The van der Waals surface area contributed by atoms with Crippen molar-refractivity contribution in [3.63, 3.8) is 0 Å². The number of aromatic amines is 3. The van der Waals surface area contributed by atoms with Crippen molar-refractivity contribution in [2.24, 2.45) is 0 Å². The first-order valence-corrected chi connectivity index (χ1v) is 53.7. The summed E-state index contributed by atoms with van der Waals surface area (Å²) in [5.74, 6) is 3.31. The zero-order valence-electron chi connectivity index (χ0n) is 91.6. The van der Waals surface area contributed by atoms with Crippen molar-refractivity contribution in [3.8, 4) is 23.0 Å². The third-order valence-corrected chi connectivity index (χ3v) is 20.2. The summed E-state index contributed by atoms with van der Waals surface area (Å²) in [6.07, 6.45) is 13.5. The topological polar surface area (TPSA) is 247 Å². The highest BCUT2D eigenvalue weighted by molar-refractivity contribution is 7.17. The minimum absolute atomic E-state index is 0. The molecule has 0 atom stereocenters. The van der Waals surface area contributed by atoms with E-state index in [0.29, 0.717) is 24.7 Å². The predicted octanol–water partition coefficient (Wildman–Crippen LogP) is 38.4. The molecule has 0 amide bonds. The van der Waals surface area contributed by atoms with Crippen molar-refractivity contribution >= 4 is 126 Å². The summed E-state index contributed by atoms with van der Waals surface area (Å²) in [5, 5.41) is 17.8. The van der Waals surface area contributed by atoms with E-state index in [4.69, 9.17) is 36.6 Å². The van der Waals surface area contributed by atoms with E-state index in [1.807, 2.05) is 441 Å². The molecular formula is C127H165N9O10S2. The zero-order chi connectivity index (χ0) is 109. The Morgan fingerprint density at radius 3 is 1.35 bits per heavy atom. The number of nitrogens with zero attached hydrogens (tertiary/aromatic N) is 5. The van der Waals surface area contributed by atoms with Crippen molar-refractivity contribution in [2.75, 3.05) is 25.4 Å². The number of fused-ring (bicyclic) bond motifs is 13. The molecule has 790 valence electrons. The van der Waals surface area contributed by atoms with E-state index in [9.17, 15) is 9.59 Å². The van der Waals surface area contributed by atoms with Gasteiger partial charge in [-0.15, -0.1) is 22.7 Å². The lowest BCUT2D eigenvalue weighted by atomic mass is 10.1. The third kappa shape index (κ3) is 49.0. The van der Waals surface area contributed by atoms with Crippen molar-refractivity contribution in [1.29, 1.82) is 0 Å². The zero-order valence-corrected chi connectivity index (χ0v) is 93.2. The van der Waals surface area contributed by atoms with Gasteiger partial charge in [0.15, 0.2) is 35.8 Å². The van der Waals surface area contributed by atoms with Crippen LogP contribution >= 0.6 is 22.7 Å². The third-order valence-electron chi connectivity index (χ3n) is 18.5. The molecule has 0 fully saturated rings. The van der Waals surface area contributed by atoms with E-state index in [1.54, 1.807) is 70.7 Å². The number of imidazole rings is 1. The number of para-hydroxylation sites is 16. The Kier molecular flexibility index (Phi) is 78.9. The van der Waals surface area contributed by atoms with E-state index >= 15 is 0 Å². The molecule has 4 N–H and O–H groups in total. The molecule has 13 aromatic carbocycles. The van der Waals surface area contributed by atoms with Gasteiger partial charge >= 0.3 is 11.4 Å². The van der Waals surface area contributed by atoms with Gasteiger partial charge in [-0.1, -0.05) is 400 Å². The number of furan rings is 1. The Balaban J connectivity index is 0.00000155. The molecule has 0 saturated heterocycles. The number of H-pyrrole nitrogens is 3. The summed E-state index contributed by atoms with van der Waals surface area (Å²) in [7, 11) is 0. The van der Waals surface area contributed by atoms with Gasteiger partial charge in [0.05, 0.1) is 74.4 Å². The number of anilines is 1. The number of aromatic nitrogens is 8. The summed E-state index contributed by atoms with van der Waals surface area (Å²) in [6.45, 7) is 53.8. The van der Waals surface area contributed by atoms with Crippen molar-refractivity contribution in [3.05, 3.63) is 432 Å². The van der Waals surface area contributed by atoms with Crippen LogP contribution in [0.5, 0.6) is 23.0 Å². The average molecular weight is 2040 g/mol. The Labute approximate surface area is 889 Å². The van der Waals surface area contributed by atoms with Crippen LogP contribution in [0.1, 0.15) is 211 Å². The maximum atomic E-state index is 10.7. The monoisotopic (exact) mass is 2040 g/mol. The number of thiazole rings is 1. The molecule has 19 nitrogen and oxygen atoms in total. The van der Waals surface area contributed by atoms with Crippen molar-refractivity contribution < 1.29 is 36.6 Å². The standard InChI is InChI=1S/C9H7N.C9H6O2.C9H10.C8H8O.C8H6O.C8H6S.2C7H6N2.C7H5NO2.C7H7NO.C7H5NO.C7H5NS.C7H6O2.13C2H6.CH4/c1-2-6-9-8(4-1)5-3-7-10-9;10-9-6-5-7-3-1-2-4-8(7)11-9;1-2-5-9-7-3-6-8(9)4-1;3*1-2-4-8-7(3-1)5-6-9-8;1-2-4-7-6(3-1)8-5-9-7;1-2-4-7-6(3-1)5-8-9-7;9-7-8-5-3-1-2-4-6(5)10-7;4*1-2-4-7-6(3-1)8-5-9-7;13*1-2;/h1-7H;1-6H;1-2,4-5H,3,6-7H2;1-4H,5-6H2;2*1-6H;2*1-5H,(H,8,9);1-4H,(H,8,9);1-4,8H,5H2;2*1-5H;1-4H,5H2;13*1-2H3;1H4. The fourth-order valence-electron chi connectivity index (χ4n) is 12.5. The van der Waals surface area contributed by atoms with E-state index in [-0.39, 0.29) is 13.1 Å². The van der Waals surface area contributed by atoms with E-state index in [0.717, 1.165) is 108 Å². The Hall–Kier alpha value is -15.5. The second kappa shape index (κ2) is 88.1. The molecule has 0 unspecified atom stereocenters. The second-order valence-electron chi connectivity index (χ2n) is 26.6. The lowest BCUT2D eigenvalue weighted by molar-refractivity contribution is 0.174. The lowest BCUT2D eigenvalue weighted by Gasteiger charge is -1.93. The minimum Gasteiger partial charge on any atom is -0.493 e. The summed E-state index contributed by atoms with van der Waals surface area (Å²) in [6, 6.07) is 115. The highest BCUT2D eigenvalue weighted by atomic mass is 32.1. The number of rotatable bonds is 0. The van der Waals surface area contributed by atoms with Crippen LogP contribution in [-0.4, -0.2) is 60.2 Å². The summed E-state index contributed by atoms with van der Waals surface area (Å²) >= 11 is 3.46. The van der Waals surface area contributed by atoms with Crippen molar-refractivity contribution in [1.82, 2.24) is 40.1 Å². The van der Waals surface area contributed by atoms with Crippen LogP contribution in [0.25, 0.3) is 97.3 Å². The molecule has 0 spiro atoms. The number of oxazole rings is 2. The molecule has 0 radical (unpaired) electrons. The van der Waals surface area contributed by atoms with Gasteiger partial charge in [-0.05, 0) is 180 Å². The Bertz CT molecular complexity index is 5910. The molecule has 148 heavy (non-hydrogen) atoms. The molecule has 1 aliphatic carbocycles. The molecule has 12 heterocycles. The number of ether oxygens (including phenoxy) is 4. The highest BCUT2D eigenvalue weighted by Gasteiger charge is 2.12. The smallest absolute Gasteiger partial charge is 0.417 e. The van der Waals surface area contributed by atoms with Gasteiger partial charge in [0.1, 0.15) is 28.2 Å². The predicted molar refractivity (Wildman–Crippen MR) is 641 cm³/mol. The van der Waals surface area contributed by atoms with Crippen LogP contribution in [0.4, 0.5) is 5.69 Å². The molecule has 0 saturated carbocycles. The van der Waals surface area contributed by atoms with Crippen LogP contribution < -0.4 is 35.6 Å². The first kappa shape index (κ1) is 133. The highest BCUT2D eigenvalue weighted by Crippen LogP contribution is 2.31. The SMILES string of the molecule is C.CC.CC.CC.CC.CC.CC.CC.CC.CC.CC.CC.CC.CC.O=c1[nH]c2ccccc2o1.O=c1ccc2ccccc2o1.c1ccc2[nH]cnc2c1.c1ccc2[nH]ncc2c1.c1ccc2c(c1)CCC2.c1ccc2c(c1)CCO2.c1ccc2c(c1)NCO2.c1ccc2c(c1)OCO2.c1ccc2ncccc2c1.c1ccc2occc2c1.c1ccc2ocnc2c1.c1ccc2sccc2c1.c1ccc2scnc2c1. The minimum atomic E-state index is -0.402. The van der Waals surface area contributed by atoms with Crippen LogP contribution in [0, 0.1) is 0 Å². The number of pyridine rings is 1. The normalized spacial score (nSPS) is 9.91. The average Bonchev–Trinajstić information content (AvgIpc) is 1.86. The lowest BCUT2D eigenvalue weighted by Crippen LogP contribution is -1.96. The first-order chi connectivity index (χ1) is 72.8. The number of nitrogens with one attached hydrogen (secondary N) is 4. The number of aryl methyl sites for hydroxylation is 2. The van der Waals surface area contributed by atoms with E-state index < -0.39 is 5.76 Å². The van der Waals surface area contributed by atoms with Gasteiger partial charge in [0.25, 0.3) is 0 Å². The number of hydrogen-bond acceptors (Lipinski definition) is 18. The second-order valence-corrected chi connectivity index (χ2v) is 28.4. The molecule has 9 aromatic heterocycles. The van der Waals surface area contributed by atoms with Crippen LogP contribution in [0.15, 0.2) is 421 Å². The number of benzene rings is 13. The maximum absolute atomic E-state index is 10.7. The molecule has 26 rings (SSSR count). The summed E-state index contributed by atoms with van der Waals surface area (Å²) in [5.41, 5.74) is 17.2. The van der Waals surface area contributed by atoms with Gasteiger partial charge in [0.2, 0.25) is 6.79 Å². The van der Waals surface area contributed by atoms with Crippen LogP contribution in [-0.2, 0) is 19.3 Å². The fraction of sp³-hybridized carbons (Fsp3) is 0.268. The maximum Gasteiger partial charge on any atom is 0.417 e. The number of thiophene rings is 1. The van der Waals surface area contributed by atoms with Gasteiger partial charge in [0, 0.05) is 44.9 Å². The van der Waals surface area contributed by atoms with Gasteiger partial charge in [-0.2, -0.15) is 5.10 Å². The molecule has 3 aliphatic heterocycles. The first-order valence-electron chi connectivity index (χ1n) is 52.0. The molecule has 21 heteroatoms. The molecular weight excluding hydrogens is 1880 g/mol. The van der Waals surface area contributed by atoms with E-state index in [1.165, 1.54) is 57.5 Å². The summed E-state index contributed by atoms with van der Waals surface area (Å²) < 4.78 is 43.1. The Morgan fingerprint density at radius 2 is 0.784 bits per heavy atom. The van der Waals surface area contributed by atoms with Gasteiger partial charge < -0.3 is 46.9 Å². The van der Waals surface area contributed by atoms with Gasteiger partial charge in [-0.25, -0.2) is 24.5 Å². The molecule has 22 aromatic rings. The van der Waals surface area contributed by atoms with Gasteiger partial charge in [-0.3, -0.25) is 15.1 Å². The molecule has 0 bridgehead atoms. The fourth-order valence-corrected chi connectivity index (χ4v) is 14.0. The number of hydrogen-bond donors (Lipinski definition) is 4. The summed E-state index contributed by atoms with van der Waals surface area (Å²) in [4.78, 5) is 43.2. The largest absolute Gasteiger partial charge is 0.493 e. The Morgan fingerprint density at radius 1 is 0.311 bits per heavy atom. The van der Waals surface area contributed by atoms with Crippen molar-refractivity contribution in [2.45, 2.75) is 213 Å².